The van der Waals surface area contributed by atoms with Gasteiger partial charge in [0.1, 0.15) is 0 Å². The number of aryl methyl sites for hydroxylation is 1. The molecule has 1 aromatic carbocycles. The first-order valence-corrected chi connectivity index (χ1v) is 5.12. The van der Waals surface area contributed by atoms with Gasteiger partial charge >= 0.3 is 5.97 Å². The molecule has 0 aromatic heterocycles. The predicted molar refractivity (Wildman–Crippen MR) is 59.5 cm³/mol. The van der Waals surface area contributed by atoms with Gasteiger partial charge in [0.2, 0.25) is 0 Å². The first-order valence-electron chi connectivity index (χ1n) is 5.12. The van der Waals surface area contributed by atoms with Gasteiger partial charge in [-0.2, -0.15) is 0 Å². The summed E-state index contributed by atoms with van der Waals surface area (Å²) in [4.78, 5) is 22.0. The molecular formula is C12H15NO3. The number of carbonyl (C=O) groups excluding carboxylic acids is 2. The van der Waals surface area contributed by atoms with Crippen molar-refractivity contribution in [2.75, 3.05) is 0 Å². The van der Waals surface area contributed by atoms with Crippen molar-refractivity contribution in [2.24, 2.45) is 5.73 Å². The van der Waals surface area contributed by atoms with E-state index in [1.165, 1.54) is 6.92 Å². The zero-order valence-electron chi connectivity index (χ0n) is 9.18. The van der Waals surface area contributed by atoms with E-state index >= 15 is 0 Å². The molecule has 1 rings (SSSR count). The van der Waals surface area contributed by atoms with Crippen molar-refractivity contribution in [3.63, 3.8) is 0 Å². The molecule has 0 spiro atoms. The zero-order valence-corrected chi connectivity index (χ0v) is 9.18. The largest absolute Gasteiger partial charge is 0.453 e. The smallest absolute Gasteiger partial charge is 0.306 e. The van der Waals surface area contributed by atoms with Gasteiger partial charge in [-0.25, -0.2) is 0 Å². The van der Waals surface area contributed by atoms with Crippen LogP contribution in [0.25, 0.3) is 0 Å². The second-order valence-electron chi connectivity index (χ2n) is 3.52. The van der Waals surface area contributed by atoms with Crippen LogP contribution < -0.4 is 5.73 Å². The second kappa shape index (κ2) is 5.90. The SMILES string of the molecule is C[C@@H](OC(=O)CCc1ccccc1)C(N)=O. The highest BCUT2D eigenvalue weighted by molar-refractivity contribution is 5.81. The van der Waals surface area contributed by atoms with Crippen LogP contribution in [0.1, 0.15) is 18.9 Å². The van der Waals surface area contributed by atoms with E-state index in [1.54, 1.807) is 0 Å². The van der Waals surface area contributed by atoms with Crippen LogP contribution in [-0.2, 0) is 20.7 Å². The number of primary amides is 1. The van der Waals surface area contributed by atoms with E-state index in [0.717, 1.165) is 5.56 Å². The van der Waals surface area contributed by atoms with Crippen LogP contribution in [0, 0.1) is 0 Å². The first-order chi connectivity index (χ1) is 7.59. The summed E-state index contributed by atoms with van der Waals surface area (Å²) in [6.45, 7) is 1.46. The lowest BCUT2D eigenvalue weighted by Gasteiger charge is -2.09. The number of hydrogen-bond donors (Lipinski definition) is 1. The van der Waals surface area contributed by atoms with E-state index in [0.29, 0.717) is 6.42 Å². The fourth-order valence-electron chi connectivity index (χ4n) is 1.21. The molecule has 0 aliphatic rings. The van der Waals surface area contributed by atoms with E-state index < -0.39 is 18.0 Å². The van der Waals surface area contributed by atoms with Gasteiger partial charge < -0.3 is 10.5 Å². The fourth-order valence-corrected chi connectivity index (χ4v) is 1.21. The van der Waals surface area contributed by atoms with Crippen molar-refractivity contribution >= 4 is 11.9 Å². The third kappa shape index (κ3) is 4.13. The molecule has 0 saturated heterocycles. The number of benzene rings is 1. The summed E-state index contributed by atoms with van der Waals surface area (Å²) >= 11 is 0. The Labute approximate surface area is 94.4 Å². The molecule has 0 saturated carbocycles. The molecule has 0 radical (unpaired) electrons. The minimum atomic E-state index is -0.858. The lowest BCUT2D eigenvalue weighted by Crippen LogP contribution is -2.30. The van der Waals surface area contributed by atoms with Crippen LogP contribution in [0.3, 0.4) is 0 Å². The first kappa shape index (κ1) is 12.2. The third-order valence-electron chi connectivity index (χ3n) is 2.17. The third-order valence-corrected chi connectivity index (χ3v) is 2.17. The Kier molecular flexibility index (Phi) is 4.51. The minimum absolute atomic E-state index is 0.252. The molecular weight excluding hydrogens is 206 g/mol. The van der Waals surface area contributed by atoms with Crippen LogP contribution in [0.5, 0.6) is 0 Å². The molecule has 0 aliphatic carbocycles. The normalized spacial score (nSPS) is 11.8. The maximum Gasteiger partial charge on any atom is 0.306 e. The van der Waals surface area contributed by atoms with Gasteiger partial charge in [0.15, 0.2) is 6.10 Å². The van der Waals surface area contributed by atoms with E-state index in [4.69, 9.17) is 10.5 Å². The summed E-state index contributed by atoms with van der Waals surface area (Å²) < 4.78 is 4.82. The molecule has 2 N–H and O–H groups in total. The van der Waals surface area contributed by atoms with Crippen molar-refractivity contribution in [1.82, 2.24) is 0 Å². The molecule has 86 valence electrons. The van der Waals surface area contributed by atoms with Gasteiger partial charge in [-0.3, -0.25) is 9.59 Å². The average Bonchev–Trinajstić information content (AvgIpc) is 2.27. The summed E-state index contributed by atoms with van der Waals surface area (Å²) in [6, 6.07) is 9.60. The summed E-state index contributed by atoms with van der Waals surface area (Å²) in [5, 5.41) is 0. The van der Waals surface area contributed by atoms with Crippen LogP contribution >= 0.6 is 0 Å². The highest BCUT2D eigenvalue weighted by Gasteiger charge is 2.13. The van der Waals surface area contributed by atoms with E-state index in [1.807, 2.05) is 30.3 Å². The number of amides is 1. The number of nitrogens with two attached hydrogens (primary N) is 1. The molecule has 16 heavy (non-hydrogen) atoms. The average molecular weight is 221 g/mol. The number of ether oxygens (including phenoxy) is 1. The van der Waals surface area contributed by atoms with E-state index in [-0.39, 0.29) is 6.42 Å². The van der Waals surface area contributed by atoms with Crippen molar-refractivity contribution in [2.45, 2.75) is 25.9 Å². The Balaban J connectivity index is 2.33. The molecule has 4 nitrogen and oxygen atoms in total. The van der Waals surface area contributed by atoms with Crippen LogP contribution in [0.15, 0.2) is 30.3 Å². The highest BCUT2D eigenvalue weighted by atomic mass is 16.5. The second-order valence-corrected chi connectivity index (χ2v) is 3.52. The van der Waals surface area contributed by atoms with Gasteiger partial charge in [-0.15, -0.1) is 0 Å². The fraction of sp³-hybridized carbons (Fsp3) is 0.333. The molecule has 1 amide bonds. The lowest BCUT2D eigenvalue weighted by molar-refractivity contribution is -0.153. The summed E-state index contributed by atoms with van der Waals surface area (Å²) in [6.07, 6.45) is -0.00412. The Hall–Kier alpha value is -1.84. The highest BCUT2D eigenvalue weighted by Crippen LogP contribution is 2.04. The Morgan fingerprint density at radius 3 is 2.50 bits per heavy atom. The number of esters is 1. The molecule has 0 unspecified atom stereocenters. The Morgan fingerprint density at radius 2 is 1.94 bits per heavy atom. The topological polar surface area (TPSA) is 69.4 Å². The van der Waals surface area contributed by atoms with Gasteiger partial charge in [0.25, 0.3) is 5.91 Å². The molecule has 1 aromatic rings. The van der Waals surface area contributed by atoms with E-state index in [2.05, 4.69) is 0 Å². The zero-order chi connectivity index (χ0) is 12.0. The standard InChI is InChI=1S/C12H15NO3/c1-9(12(13)15)16-11(14)8-7-10-5-3-2-4-6-10/h2-6,9H,7-8H2,1H3,(H2,13,15)/t9-/m1/s1. The van der Waals surface area contributed by atoms with Crippen molar-refractivity contribution in [1.29, 1.82) is 0 Å². The lowest BCUT2D eigenvalue weighted by atomic mass is 10.1. The summed E-state index contributed by atoms with van der Waals surface area (Å²) in [5.74, 6) is -1.04. The van der Waals surface area contributed by atoms with E-state index in [9.17, 15) is 9.59 Å². The van der Waals surface area contributed by atoms with Gasteiger partial charge in [0.05, 0.1) is 0 Å². The van der Waals surface area contributed by atoms with Crippen LogP contribution in [0.2, 0.25) is 0 Å². The van der Waals surface area contributed by atoms with Crippen molar-refractivity contribution in [3.05, 3.63) is 35.9 Å². The van der Waals surface area contributed by atoms with Crippen LogP contribution in [0.4, 0.5) is 0 Å². The van der Waals surface area contributed by atoms with Gasteiger partial charge in [-0.05, 0) is 18.9 Å². The molecule has 0 aliphatic heterocycles. The van der Waals surface area contributed by atoms with Crippen molar-refractivity contribution < 1.29 is 14.3 Å². The van der Waals surface area contributed by atoms with Crippen LogP contribution in [-0.4, -0.2) is 18.0 Å². The molecule has 0 fully saturated rings. The number of hydrogen-bond acceptors (Lipinski definition) is 3. The number of carbonyl (C=O) groups is 2. The predicted octanol–water partition coefficient (Wildman–Crippen LogP) is 1.04. The summed E-state index contributed by atoms with van der Waals surface area (Å²) in [5.41, 5.74) is 6.04. The summed E-state index contributed by atoms with van der Waals surface area (Å²) in [7, 11) is 0. The monoisotopic (exact) mass is 221 g/mol. The quantitative estimate of drug-likeness (QED) is 0.755. The molecule has 4 heteroatoms. The maximum absolute atomic E-state index is 11.3. The molecule has 0 heterocycles. The number of rotatable bonds is 5. The van der Waals surface area contributed by atoms with Gasteiger partial charge in [0, 0.05) is 6.42 Å². The molecule has 0 bridgehead atoms. The maximum atomic E-state index is 11.3. The van der Waals surface area contributed by atoms with Crippen molar-refractivity contribution in [3.8, 4) is 0 Å². The Bertz CT molecular complexity index is 362. The minimum Gasteiger partial charge on any atom is -0.453 e. The van der Waals surface area contributed by atoms with Gasteiger partial charge in [-0.1, -0.05) is 30.3 Å². The molecule has 1 atom stereocenters. The Morgan fingerprint density at radius 1 is 1.31 bits per heavy atom.